The lowest BCUT2D eigenvalue weighted by atomic mass is 10.4. The Balaban J connectivity index is 2.09. The Morgan fingerprint density at radius 1 is 1.47 bits per heavy atom. The number of hydrogen-bond donors (Lipinski definition) is 2. The molecule has 0 spiro atoms. The van der Waals surface area contributed by atoms with Gasteiger partial charge >= 0.3 is 0 Å². The second kappa shape index (κ2) is 5.22. The van der Waals surface area contributed by atoms with Gasteiger partial charge in [0.2, 0.25) is 5.91 Å². The zero-order chi connectivity index (χ0) is 12.1. The summed E-state index contributed by atoms with van der Waals surface area (Å²) in [6.45, 7) is 0.273. The smallest absolute Gasteiger partial charge is 0.238 e. The van der Waals surface area contributed by atoms with E-state index in [1.165, 1.54) is 0 Å². The average molecular weight is 231 g/mol. The summed E-state index contributed by atoms with van der Waals surface area (Å²) in [5, 5.41) is 9.61. The fourth-order valence-corrected chi connectivity index (χ4v) is 1.37. The van der Waals surface area contributed by atoms with Gasteiger partial charge in [0.15, 0.2) is 5.82 Å². The normalized spacial score (nSPS) is 10.2. The van der Waals surface area contributed by atoms with Crippen molar-refractivity contribution in [3.63, 3.8) is 0 Å². The second-order valence-electron chi connectivity index (χ2n) is 3.44. The molecule has 2 aromatic rings. The first-order valence-corrected chi connectivity index (χ1v) is 5.20. The van der Waals surface area contributed by atoms with E-state index < -0.39 is 0 Å². The van der Waals surface area contributed by atoms with Gasteiger partial charge in [0.05, 0.1) is 24.6 Å². The van der Waals surface area contributed by atoms with E-state index in [4.69, 9.17) is 0 Å². The maximum absolute atomic E-state index is 11.3. The van der Waals surface area contributed by atoms with Crippen molar-refractivity contribution in [1.82, 2.24) is 20.1 Å². The minimum atomic E-state index is -0.104. The molecule has 2 rings (SSSR count). The van der Waals surface area contributed by atoms with E-state index in [2.05, 4.69) is 20.7 Å². The van der Waals surface area contributed by atoms with Gasteiger partial charge in [0, 0.05) is 6.20 Å². The summed E-state index contributed by atoms with van der Waals surface area (Å²) in [5.74, 6) is 0.606. The van der Waals surface area contributed by atoms with Crippen LogP contribution in [0.15, 0.2) is 36.8 Å². The van der Waals surface area contributed by atoms with Gasteiger partial charge in [-0.2, -0.15) is 5.10 Å². The van der Waals surface area contributed by atoms with E-state index >= 15 is 0 Å². The summed E-state index contributed by atoms with van der Waals surface area (Å²) in [5.41, 5.74) is 0.649. The van der Waals surface area contributed by atoms with Gasteiger partial charge in [-0.3, -0.25) is 4.79 Å². The number of amides is 1. The monoisotopic (exact) mass is 231 g/mol. The number of carbonyl (C=O) groups excluding carboxylic acids is 1. The molecule has 17 heavy (non-hydrogen) atoms. The molecule has 0 fully saturated rings. The van der Waals surface area contributed by atoms with Crippen molar-refractivity contribution in [1.29, 1.82) is 0 Å². The van der Waals surface area contributed by atoms with Crippen molar-refractivity contribution in [3.05, 3.63) is 36.8 Å². The molecular weight excluding hydrogens is 218 g/mol. The largest absolute Gasteiger partial charge is 0.322 e. The van der Waals surface area contributed by atoms with Crippen LogP contribution < -0.4 is 10.6 Å². The average Bonchev–Trinajstić information content (AvgIpc) is 2.79. The van der Waals surface area contributed by atoms with Crippen molar-refractivity contribution in [3.8, 4) is 5.82 Å². The molecule has 88 valence electrons. The molecule has 0 aliphatic carbocycles. The predicted octanol–water partition coefficient (Wildman–Crippen LogP) is 0.425. The molecule has 6 nitrogen and oxygen atoms in total. The van der Waals surface area contributed by atoms with Crippen LogP contribution in [-0.2, 0) is 4.79 Å². The van der Waals surface area contributed by atoms with Crippen LogP contribution in [-0.4, -0.2) is 34.3 Å². The van der Waals surface area contributed by atoms with Gasteiger partial charge in [-0.05, 0) is 19.2 Å². The third-order valence-corrected chi connectivity index (χ3v) is 2.09. The Morgan fingerprint density at radius 2 is 2.35 bits per heavy atom. The van der Waals surface area contributed by atoms with Crippen LogP contribution in [0.4, 0.5) is 5.69 Å². The van der Waals surface area contributed by atoms with E-state index in [0.29, 0.717) is 11.5 Å². The number of pyridine rings is 1. The molecule has 0 radical (unpaired) electrons. The molecule has 1 amide bonds. The van der Waals surface area contributed by atoms with Crippen LogP contribution in [0.25, 0.3) is 5.82 Å². The number of nitrogens with zero attached hydrogens (tertiary/aromatic N) is 3. The molecule has 0 saturated carbocycles. The number of rotatable bonds is 4. The molecule has 6 heteroatoms. The maximum atomic E-state index is 11.3. The molecule has 0 atom stereocenters. The molecule has 2 N–H and O–H groups in total. The Bertz CT molecular complexity index is 494. The lowest BCUT2D eigenvalue weighted by Gasteiger charge is -2.00. The summed E-state index contributed by atoms with van der Waals surface area (Å²) in [4.78, 5) is 15.5. The molecule has 2 aromatic heterocycles. The third-order valence-electron chi connectivity index (χ3n) is 2.09. The highest BCUT2D eigenvalue weighted by Crippen LogP contribution is 2.08. The quantitative estimate of drug-likeness (QED) is 0.800. The first-order chi connectivity index (χ1) is 8.29. The predicted molar refractivity (Wildman–Crippen MR) is 63.9 cm³/mol. The van der Waals surface area contributed by atoms with Crippen molar-refractivity contribution in [2.24, 2.45) is 0 Å². The minimum absolute atomic E-state index is 0.104. The van der Waals surface area contributed by atoms with Crippen LogP contribution in [0.1, 0.15) is 0 Å². The van der Waals surface area contributed by atoms with Gasteiger partial charge in [-0.15, -0.1) is 0 Å². The van der Waals surface area contributed by atoms with Gasteiger partial charge in [-0.25, -0.2) is 9.67 Å². The molecule has 0 aromatic carbocycles. The minimum Gasteiger partial charge on any atom is -0.322 e. The number of hydrogen-bond acceptors (Lipinski definition) is 4. The first kappa shape index (κ1) is 11.3. The van der Waals surface area contributed by atoms with Gasteiger partial charge in [-0.1, -0.05) is 6.07 Å². The zero-order valence-electron chi connectivity index (χ0n) is 9.42. The molecule has 0 unspecified atom stereocenters. The Hall–Kier alpha value is -2.21. The molecule has 0 aliphatic heterocycles. The topological polar surface area (TPSA) is 71.8 Å². The van der Waals surface area contributed by atoms with Crippen LogP contribution in [0.3, 0.4) is 0 Å². The van der Waals surface area contributed by atoms with Crippen molar-refractivity contribution in [2.75, 3.05) is 18.9 Å². The molecular formula is C11H13N5O. The van der Waals surface area contributed by atoms with Gasteiger partial charge in [0.1, 0.15) is 0 Å². The lowest BCUT2D eigenvalue weighted by molar-refractivity contribution is -0.115. The first-order valence-electron chi connectivity index (χ1n) is 5.20. The Kier molecular flexibility index (Phi) is 3.46. The Morgan fingerprint density at radius 3 is 3.06 bits per heavy atom. The molecule has 0 aliphatic rings. The number of nitrogens with one attached hydrogen (secondary N) is 2. The van der Waals surface area contributed by atoms with Crippen LogP contribution in [0.2, 0.25) is 0 Å². The highest BCUT2D eigenvalue weighted by atomic mass is 16.1. The van der Waals surface area contributed by atoms with Crippen molar-refractivity contribution >= 4 is 11.6 Å². The van der Waals surface area contributed by atoms with Crippen molar-refractivity contribution < 1.29 is 4.79 Å². The fraction of sp³-hybridized carbons (Fsp3) is 0.182. The SMILES string of the molecule is CNCC(=O)Nc1cnn(-c2ccccn2)c1. The summed E-state index contributed by atoms with van der Waals surface area (Å²) in [7, 11) is 1.72. The summed E-state index contributed by atoms with van der Waals surface area (Å²) in [6.07, 6.45) is 4.99. The summed E-state index contributed by atoms with van der Waals surface area (Å²) >= 11 is 0. The van der Waals surface area contributed by atoms with Gasteiger partial charge in [0.25, 0.3) is 0 Å². The highest BCUT2D eigenvalue weighted by molar-refractivity contribution is 5.91. The lowest BCUT2D eigenvalue weighted by Crippen LogP contribution is -2.24. The Labute approximate surface area is 98.7 Å². The highest BCUT2D eigenvalue weighted by Gasteiger charge is 2.04. The number of anilines is 1. The van der Waals surface area contributed by atoms with Crippen molar-refractivity contribution in [2.45, 2.75) is 0 Å². The van der Waals surface area contributed by atoms with Crippen LogP contribution in [0.5, 0.6) is 0 Å². The number of likely N-dealkylation sites (N-methyl/N-ethyl adjacent to an activating group) is 1. The number of aromatic nitrogens is 3. The van der Waals surface area contributed by atoms with E-state index in [0.717, 1.165) is 0 Å². The zero-order valence-corrected chi connectivity index (χ0v) is 9.42. The standard InChI is InChI=1S/C11H13N5O/c1-12-7-11(17)15-9-6-14-16(8-9)10-4-2-3-5-13-10/h2-6,8,12H,7H2,1H3,(H,15,17). The maximum Gasteiger partial charge on any atom is 0.238 e. The van der Waals surface area contributed by atoms with E-state index in [9.17, 15) is 4.79 Å². The van der Waals surface area contributed by atoms with E-state index in [-0.39, 0.29) is 12.5 Å². The van der Waals surface area contributed by atoms with E-state index in [1.54, 1.807) is 30.3 Å². The number of carbonyl (C=O) groups is 1. The van der Waals surface area contributed by atoms with Crippen LogP contribution in [0, 0.1) is 0 Å². The summed E-state index contributed by atoms with van der Waals surface area (Å²) < 4.78 is 1.61. The van der Waals surface area contributed by atoms with Crippen LogP contribution >= 0.6 is 0 Å². The summed E-state index contributed by atoms with van der Waals surface area (Å²) in [6, 6.07) is 5.55. The van der Waals surface area contributed by atoms with E-state index in [1.807, 2.05) is 18.2 Å². The molecule has 0 bridgehead atoms. The molecule has 2 heterocycles. The molecule has 0 saturated heterocycles. The third kappa shape index (κ3) is 2.88. The second-order valence-corrected chi connectivity index (χ2v) is 3.44. The van der Waals surface area contributed by atoms with Gasteiger partial charge < -0.3 is 10.6 Å². The fourth-order valence-electron chi connectivity index (χ4n) is 1.37.